The zero-order valence-electron chi connectivity index (χ0n) is 17.2. The van der Waals surface area contributed by atoms with Crippen molar-refractivity contribution in [1.29, 1.82) is 0 Å². The zero-order valence-corrected chi connectivity index (χ0v) is 18.7. The van der Waals surface area contributed by atoms with Gasteiger partial charge in [-0.2, -0.15) is 4.31 Å². The summed E-state index contributed by atoms with van der Waals surface area (Å²) >= 11 is 5.93. The summed E-state index contributed by atoms with van der Waals surface area (Å²) in [5.74, 6) is -1.54. The molecule has 0 aromatic heterocycles. The molecule has 3 rings (SSSR count). The summed E-state index contributed by atoms with van der Waals surface area (Å²) in [4.78, 5) is 23.9. The molecule has 1 fully saturated rings. The minimum absolute atomic E-state index is 0.0425. The lowest BCUT2D eigenvalue weighted by molar-refractivity contribution is -0.124. The first kappa shape index (κ1) is 23.2. The number of rotatable bonds is 7. The second-order valence-corrected chi connectivity index (χ2v) is 9.88. The number of benzene rings is 2. The van der Waals surface area contributed by atoms with Crippen LogP contribution in [-0.2, 0) is 26.1 Å². The Morgan fingerprint density at radius 1 is 1.06 bits per heavy atom. The molecule has 0 heterocycles. The second-order valence-electron chi connectivity index (χ2n) is 7.55. The zero-order chi connectivity index (χ0) is 22.6. The van der Waals surface area contributed by atoms with Crippen LogP contribution >= 0.6 is 11.6 Å². The molecule has 166 valence electrons. The van der Waals surface area contributed by atoms with E-state index in [1.807, 2.05) is 0 Å². The van der Waals surface area contributed by atoms with E-state index in [2.05, 4.69) is 0 Å². The third-order valence-electron chi connectivity index (χ3n) is 5.60. The number of nitrogens with two attached hydrogens (primary N) is 1. The van der Waals surface area contributed by atoms with Gasteiger partial charge in [-0.3, -0.25) is 4.79 Å². The number of sulfonamides is 1. The fourth-order valence-electron chi connectivity index (χ4n) is 3.95. The van der Waals surface area contributed by atoms with E-state index in [-0.39, 0.29) is 11.4 Å². The van der Waals surface area contributed by atoms with Gasteiger partial charge in [-0.25, -0.2) is 13.2 Å². The molecule has 0 bridgehead atoms. The Kier molecular flexibility index (Phi) is 7.35. The average molecular weight is 465 g/mol. The Hall–Kier alpha value is -2.42. The molecule has 1 unspecified atom stereocenters. The lowest BCUT2D eigenvalue weighted by atomic mass is 9.84. The molecule has 1 amide bonds. The Balaban J connectivity index is 2.00. The van der Waals surface area contributed by atoms with Crippen LogP contribution in [0.2, 0.25) is 5.02 Å². The van der Waals surface area contributed by atoms with Crippen LogP contribution in [0.15, 0.2) is 53.4 Å². The molecule has 1 aliphatic carbocycles. The van der Waals surface area contributed by atoms with E-state index in [0.717, 1.165) is 12.8 Å². The summed E-state index contributed by atoms with van der Waals surface area (Å²) < 4.78 is 33.3. The molecule has 7 nitrogen and oxygen atoms in total. The highest BCUT2D eigenvalue weighted by atomic mass is 35.5. The number of nitrogens with zero attached hydrogens (tertiary/aromatic N) is 1. The number of halogens is 1. The molecule has 0 aliphatic heterocycles. The van der Waals surface area contributed by atoms with E-state index < -0.39 is 33.9 Å². The van der Waals surface area contributed by atoms with Crippen molar-refractivity contribution < 1.29 is 22.7 Å². The van der Waals surface area contributed by atoms with Crippen LogP contribution in [0.4, 0.5) is 0 Å². The van der Waals surface area contributed by atoms with Crippen molar-refractivity contribution in [3.05, 3.63) is 64.7 Å². The lowest BCUT2D eigenvalue weighted by Gasteiger charge is -2.38. The van der Waals surface area contributed by atoms with Crippen LogP contribution in [0.1, 0.15) is 41.6 Å². The SMILES string of the molecule is COC(=O)c1ccc(CN(C2CCCC[C@@H]2C(N)=O)S(=O)(=O)c2ccc(Cl)cc2)cc1. The Morgan fingerprint density at radius 3 is 2.26 bits per heavy atom. The van der Waals surface area contributed by atoms with Crippen LogP contribution in [0.25, 0.3) is 0 Å². The maximum atomic E-state index is 13.6. The van der Waals surface area contributed by atoms with Crippen molar-refractivity contribution >= 4 is 33.5 Å². The predicted molar refractivity (Wildman–Crippen MR) is 117 cm³/mol. The fourth-order valence-corrected chi connectivity index (χ4v) is 5.76. The van der Waals surface area contributed by atoms with E-state index in [0.29, 0.717) is 29.0 Å². The van der Waals surface area contributed by atoms with Gasteiger partial charge in [-0.05, 0) is 54.8 Å². The van der Waals surface area contributed by atoms with Crippen molar-refractivity contribution in [1.82, 2.24) is 4.31 Å². The third-order valence-corrected chi connectivity index (χ3v) is 7.74. The van der Waals surface area contributed by atoms with Crippen molar-refractivity contribution in [2.24, 2.45) is 11.7 Å². The fraction of sp³-hybridized carbons (Fsp3) is 0.364. The number of hydrogen-bond donors (Lipinski definition) is 1. The summed E-state index contributed by atoms with van der Waals surface area (Å²) in [5, 5.41) is 0.427. The first-order valence-corrected chi connectivity index (χ1v) is 11.8. The van der Waals surface area contributed by atoms with Gasteiger partial charge in [0.05, 0.1) is 23.5 Å². The van der Waals surface area contributed by atoms with Crippen molar-refractivity contribution in [3.63, 3.8) is 0 Å². The number of primary amides is 1. The van der Waals surface area contributed by atoms with Gasteiger partial charge in [0, 0.05) is 17.6 Å². The van der Waals surface area contributed by atoms with Crippen LogP contribution < -0.4 is 5.73 Å². The smallest absolute Gasteiger partial charge is 0.337 e. The van der Waals surface area contributed by atoms with E-state index >= 15 is 0 Å². The summed E-state index contributed by atoms with van der Waals surface area (Å²) in [5.41, 5.74) is 6.68. The van der Waals surface area contributed by atoms with Gasteiger partial charge in [0.25, 0.3) is 0 Å². The molecule has 2 N–H and O–H groups in total. The Labute approximate surface area is 187 Å². The highest BCUT2D eigenvalue weighted by Gasteiger charge is 2.40. The summed E-state index contributed by atoms with van der Waals surface area (Å²) in [6, 6.07) is 11.9. The molecule has 0 spiro atoms. The highest BCUT2D eigenvalue weighted by molar-refractivity contribution is 7.89. The summed E-state index contributed by atoms with van der Waals surface area (Å²) in [6.07, 6.45) is 2.73. The maximum absolute atomic E-state index is 13.6. The van der Waals surface area contributed by atoms with Crippen LogP contribution in [0, 0.1) is 5.92 Å². The Morgan fingerprint density at radius 2 is 1.68 bits per heavy atom. The van der Waals surface area contributed by atoms with Crippen LogP contribution in [0.5, 0.6) is 0 Å². The second kappa shape index (κ2) is 9.80. The molecule has 2 aromatic rings. The number of amides is 1. The monoisotopic (exact) mass is 464 g/mol. The number of hydrogen-bond acceptors (Lipinski definition) is 5. The molecule has 31 heavy (non-hydrogen) atoms. The number of ether oxygens (including phenoxy) is 1. The van der Waals surface area contributed by atoms with Crippen LogP contribution in [-0.4, -0.2) is 37.8 Å². The van der Waals surface area contributed by atoms with Gasteiger partial charge in [-0.15, -0.1) is 0 Å². The molecular formula is C22H25ClN2O5S. The highest BCUT2D eigenvalue weighted by Crippen LogP contribution is 2.33. The lowest BCUT2D eigenvalue weighted by Crippen LogP contribution is -2.49. The first-order chi connectivity index (χ1) is 14.7. The number of carbonyl (C=O) groups excluding carboxylic acids is 2. The normalized spacial score (nSPS) is 19.2. The molecule has 1 aliphatic rings. The van der Waals surface area contributed by atoms with Gasteiger partial charge < -0.3 is 10.5 Å². The number of esters is 1. The number of carbonyl (C=O) groups is 2. The van der Waals surface area contributed by atoms with Gasteiger partial charge >= 0.3 is 5.97 Å². The maximum Gasteiger partial charge on any atom is 0.337 e. The molecule has 0 radical (unpaired) electrons. The topological polar surface area (TPSA) is 107 Å². The molecule has 9 heteroatoms. The molecule has 1 saturated carbocycles. The van der Waals surface area contributed by atoms with Gasteiger partial charge in [0.2, 0.25) is 15.9 Å². The van der Waals surface area contributed by atoms with Gasteiger partial charge in [0.1, 0.15) is 0 Å². The minimum Gasteiger partial charge on any atom is -0.465 e. The van der Waals surface area contributed by atoms with E-state index in [4.69, 9.17) is 22.1 Å². The quantitative estimate of drug-likeness (QED) is 0.632. The number of methoxy groups -OCH3 is 1. The Bertz CT molecular complexity index is 1040. The molecule has 0 saturated heterocycles. The van der Waals surface area contributed by atoms with Crippen molar-refractivity contribution in [3.8, 4) is 0 Å². The standard InChI is InChI=1S/C22H25ClN2O5S/c1-30-22(27)16-8-6-15(7-9-16)14-25(20-5-3-2-4-19(20)21(24)26)31(28,29)18-12-10-17(23)11-13-18/h6-13,19-20H,2-5,14H2,1H3,(H2,24,26)/t19-,20?/m0/s1. The van der Waals surface area contributed by atoms with Gasteiger partial charge in [0.15, 0.2) is 0 Å². The predicted octanol–water partition coefficient (Wildman–Crippen LogP) is 3.36. The van der Waals surface area contributed by atoms with Crippen LogP contribution in [0.3, 0.4) is 0 Å². The van der Waals surface area contributed by atoms with Crippen molar-refractivity contribution in [2.75, 3.05) is 7.11 Å². The van der Waals surface area contributed by atoms with E-state index in [9.17, 15) is 18.0 Å². The van der Waals surface area contributed by atoms with Gasteiger partial charge in [-0.1, -0.05) is 36.6 Å². The molecule has 2 atom stereocenters. The van der Waals surface area contributed by atoms with Crippen molar-refractivity contribution in [2.45, 2.75) is 43.2 Å². The molecular weight excluding hydrogens is 440 g/mol. The van der Waals surface area contributed by atoms with E-state index in [1.54, 1.807) is 24.3 Å². The molecule has 2 aromatic carbocycles. The third kappa shape index (κ3) is 5.26. The summed E-state index contributed by atoms with van der Waals surface area (Å²) in [6.45, 7) is 0.0425. The summed E-state index contributed by atoms with van der Waals surface area (Å²) in [7, 11) is -2.64. The average Bonchev–Trinajstić information content (AvgIpc) is 2.77. The largest absolute Gasteiger partial charge is 0.465 e. The van der Waals surface area contributed by atoms with E-state index in [1.165, 1.54) is 35.7 Å². The first-order valence-electron chi connectivity index (χ1n) is 9.98. The minimum atomic E-state index is -3.94.